The number of aromatic nitrogens is 2. The van der Waals surface area contributed by atoms with Crippen LogP contribution in [-0.4, -0.2) is 22.6 Å². The van der Waals surface area contributed by atoms with Gasteiger partial charge < -0.3 is 10.1 Å². The summed E-state index contributed by atoms with van der Waals surface area (Å²) in [7, 11) is 0. The highest BCUT2D eigenvalue weighted by molar-refractivity contribution is 5.30. The van der Waals surface area contributed by atoms with Crippen molar-refractivity contribution in [1.82, 2.24) is 9.97 Å². The number of hydrogen-bond donors (Lipinski definition) is 1. The first kappa shape index (κ1) is 10.2. The molecule has 1 N–H and O–H groups in total. The highest BCUT2D eigenvalue weighted by atomic mass is 16.5. The highest BCUT2D eigenvalue weighted by Crippen LogP contribution is 2.24. The summed E-state index contributed by atoms with van der Waals surface area (Å²) >= 11 is 0. The molecule has 0 bridgehead atoms. The first-order chi connectivity index (χ1) is 7.28. The Bertz CT molecular complexity index is 337. The van der Waals surface area contributed by atoms with Gasteiger partial charge in [0, 0.05) is 18.3 Å². The molecule has 0 unspecified atom stereocenters. The van der Waals surface area contributed by atoms with E-state index in [4.69, 9.17) is 4.74 Å². The summed E-state index contributed by atoms with van der Waals surface area (Å²) in [6, 6.07) is 1.89. The van der Waals surface area contributed by atoms with Crippen LogP contribution in [0.15, 0.2) is 6.07 Å². The maximum absolute atomic E-state index is 5.73. The number of ether oxygens (including phenoxy) is 1. The second kappa shape index (κ2) is 4.47. The quantitative estimate of drug-likeness (QED) is 0.821. The van der Waals surface area contributed by atoms with Gasteiger partial charge in [-0.25, -0.2) is 4.98 Å². The van der Waals surface area contributed by atoms with Crippen molar-refractivity contribution in [3.05, 3.63) is 11.8 Å². The standard InChI is InChI=1S/C11H17N3O/c1-3-12-11-13-8(2)7-10(14-11)15-9-5-4-6-9/h7,9H,3-6H2,1-2H3,(H,12,13,14). The summed E-state index contributed by atoms with van der Waals surface area (Å²) in [5.74, 6) is 1.36. The van der Waals surface area contributed by atoms with Crippen LogP contribution in [0.5, 0.6) is 5.88 Å². The topological polar surface area (TPSA) is 47.0 Å². The van der Waals surface area contributed by atoms with E-state index >= 15 is 0 Å². The summed E-state index contributed by atoms with van der Waals surface area (Å²) in [5, 5.41) is 3.10. The van der Waals surface area contributed by atoms with Gasteiger partial charge >= 0.3 is 0 Å². The zero-order chi connectivity index (χ0) is 10.7. The second-order valence-electron chi connectivity index (χ2n) is 3.87. The second-order valence-corrected chi connectivity index (χ2v) is 3.87. The van der Waals surface area contributed by atoms with Crippen molar-refractivity contribution in [2.24, 2.45) is 0 Å². The SMILES string of the molecule is CCNc1nc(C)cc(OC2CCC2)n1. The molecule has 0 radical (unpaired) electrons. The monoisotopic (exact) mass is 207 g/mol. The van der Waals surface area contributed by atoms with E-state index in [0.29, 0.717) is 17.9 Å². The Morgan fingerprint density at radius 1 is 1.47 bits per heavy atom. The Labute approximate surface area is 90.1 Å². The molecule has 0 amide bonds. The van der Waals surface area contributed by atoms with Gasteiger partial charge in [0.05, 0.1) is 0 Å². The Morgan fingerprint density at radius 2 is 2.27 bits per heavy atom. The zero-order valence-electron chi connectivity index (χ0n) is 9.29. The van der Waals surface area contributed by atoms with E-state index in [9.17, 15) is 0 Å². The summed E-state index contributed by atoms with van der Waals surface area (Å²) in [6.07, 6.45) is 3.95. The zero-order valence-corrected chi connectivity index (χ0v) is 9.29. The van der Waals surface area contributed by atoms with Crippen LogP contribution >= 0.6 is 0 Å². The predicted octanol–water partition coefficient (Wildman–Crippen LogP) is 2.15. The van der Waals surface area contributed by atoms with Crippen molar-refractivity contribution >= 4 is 5.95 Å². The molecular formula is C11H17N3O. The summed E-state index contributed by atoms with van der Waals surface area (Å²) in [4.78, 5) is 8.57. The molecule has 1 aliphatic rings. The van der Waals surface area contributed by atoms with Crippen LogP contribution in [0.3, 0.4) is 0 Å². The molecule has 0 atom stereocenters. The van der Waals surface area contributed by atoms with Gasteiger partial charge in [-0.2, -0.15) is 4.98 Å². The summed E-state index contributed by atoms with van der Waals surface area (Å²) in [5.41, 5.74) is 0.940. The number of nitrogens with zero attached hydrogens (tertiary/aromatic N) is 2. The van der Waals surface area contributed by atoms with Gasteiger partial charge in [-0.05, 0) is 33.1 Å². The lowest BCUT2D eigenvalue weighted by Crippen LogP contribution is -2.25. The molecule has 0 aliphatic heterocycles. The Hall–Kier alpha value is -1.32. The molecule has 2 rings (SSSR count). The van der Waals surface area contributed by atoms with Crippen molar-refractivity contribution in [3.63, 3.8) is 0 Å². The van der Waals surface area contributed by atoms with Crippen LogP contribution in [0.2, 0.25) is 0 Å². The van der Waals surface area contributed by atoms with Crippen molar-refractivity contribution in [2.75, 3.05) is 11.9 Å². The summed E-state index contributed by atoms with van der Waals surface area (Å²) < 4.78 is 5.73. The lowest BCUT2D eigenvalue weighted by atomic mass is 9.96. The molecule has 1 aliphatic carbocycles. The minimum Gasteiger partial charge on any atom is -0.474 e. The van der Waals surface area contributed by atoms with Gasteiger partial charge in [0.25, 0.3) is 0 Å². The van der Waals surface area contributed by atoms with E-state index in [0.717, 1.165) is 25.1 Å². The average Bonchev–Trinajstić information content (AvgIpc) is 2.11. The first-order valence-corrected chi connectivity index (χ1v) is 5.54. The molecule has 82 valence electrons. The minimum atomic E-state index is 0.369. The molecule has 0 aromatic carbocycles. The van der Waals surface area contributed by atoms with Gasteiger partial charge in [-0.3, -0.25) is 0 Å². The fourth-order valence-electron chi connectivity index (χ4n) is 1.50. The van der Waals surface area contributed by atoms with Gasteiger partial charge in [0.1, 0.15) is 6.10 Å². The van der Waals surface area contributed by atoms with Gasteiger partial charge in [-0.1, -0.05) is 0 Å². The molecule has 15 heavy (non-hydrogen) atoms. The van der Waals surface area contributed by atoms with Crippen molar-refractivity contribution < 1.29 is 4.74 Å². The number of rotatable bonds is 4. The van der Waals surface area contributed by atoms with Crippen LogP contribution in [0.1, 0.15) is 31.9 Å². The van der Waals surface area contributed by atoms with Gasteiger partial charge in [0.15, 0.2) is 0 Å². The molecule has 1 heterocycles. The van der Waals surface area contributed by atoms with Gasteiger partial charge in [-0.15, -0.1) is 0 Å². The smallest absolute Gasteiger partial charge is 0.226 e. The first-order valence-electron chi connectivity index (χ1n) is 5.54. The van der Waals surface area contributed by atoms with E-state index in [-0.39, 0.29) is 0 Å². The molecule has 1 fully saturated rings. The fourth-order valence-corrected chi connectivity index (χ4v) is 1.50. The third-order valence-electron chi connectivity index (χ3n) is 2.51. The number of nitrogens with one attached hydrogen (secondary N) is 1. The molecule has 4 heteroatoms. The highest BCUT2D eigenvalue weighted by Gasteiger charge is 2.19. The Kier molecular flexibility index (Phi) is 3.04. The van der Waals surface area contributed by atoms with Crippen molar-refractivity contribution in [2.45, 2.75) is 39.2 Å². The van der Waals surface area contributed by atoms with E-state index in [1.165, 1.54) is 6.42 Å². The molecule has 1 saturated carbocycles. The van der Waals surface area contributed by atoms with E-state index < -0.39 is 0 Å². The van der Waals surface area contributed by atoms with Crippen LogP contribution in [-0.2, 0) is 0 Å². The third-order valence-corrected chi connectivity index (χ3v) is 2.51. The number of hydrogen-bond acceptors (Lipinski definition) is 4. The van der Waals surface area contributed by atoms with E-state index in [2.05, 4.69) is 15.3 Å². The lowest BCUT2D eigenvalue weighted by Gasteiger charge is -2.25. The third kappa shape index (κ3) is 2.58. The average molecular weight is 207 g/mol. The molecule has 1 aromatic rings. The molecule has 4 nitrogen and oxygen atoms in total. The largest absolute Gasteiger partial charge is 0.474 e. The van der Waals surface area contributed by atoms with Crippen LogP contribution in [0, 0.1) is 6.92 Å². The minimum absolute atomic E-state index is 0.369. The summed E-state index contributed by atoms with van der Waals surface area (Å²) in [6.45, 7) is 4.81. The Balaban J connectivity index is 2.07. The van der Waals surface area contributed by atoms with Gasteiger partial charge in [0.2, 0.25) is 11.8 Å². The lowest BCUT2D eigenvalue weighted by molar-refractivity contribution is 0.114. The molecule has 0 saturated heterocycles. The van der Waals surface area contributed by atoms with Crippen molar-refractivity contribution in [1.29, 1.82) is 0 Å². The van der Waals surface area contributed by atoms with Crippen LogP contribution < -0.4 is 10.1 Å². The van der Waals surface area contributed by atoms with E-state index in [1.807, 2.05) is 19.9 Å². The molecular weight excluding hydrogens is 190 g/mol. The van der Waals surface area contributed by atoms with E-state index in [1.54, 1.807) is 0 Å². The van der Waals surface area contributed by atoms with Crippen molar-refractivity contribution in [3.8, 4) is 5.88 Å². The maximum atomic E-state index is 5.73. The maximum Gasteiger partial charge on any atom is 0.226 e. The van der Waals surface area contributed by atoms with Crippen LogP contribution in [0.4, 0.5) is 5.95 Å². The molecule has 0 spiro atoms. The fraction of sp³-hybridized carbons (Fsp3) is 0.636. The predicted molar refractivity (Wildman–Crippen MR) is 59.2 cm³/mol. The normalized spacial score (nSPS) is 15.9. The molecule has 1 aromatic heterocycles. The van der Waals surface area contributed by atoms with Crippen LogP contribution in [0.25, 0.3) is 0 Å². The number of anilines is 1. The Morgan fingerprint density at radius 3 is 2.87 bits per heavy atom. The number of aryl methyl sites for hydroxylation is 1.